The molecule has 0 aromatic heterocycles. The first-order valence-corrected chi connectivity index (χ1v) is 9.49. The molecule has 0 radical (unpaired) electrons. The lowest BCUT2D eigenvalue weighted by molar-refractivity contribution is -0.116. The van der Waals surface area contributed by atoms with Crippen molar-refractivity contribution in [2.24, 2.45) is 5.41 Å². The monoisotopic (exact) mass is 327 g/mol. The minimum absolute atomic E-state index is 0.180. The summed E-state index contributed by atoms with van der Waals surface area (Å²) in [4.78, 5) is 16.7. The lowest BCUT2D eigenvalue weighted by Crippen LogP contribution is -2.39. The van der Waals surface area contributed by atoms with Gasteiger partial charge in [0.2, 0.25) is 5.91 Å². The first-order valence-electron chi connectivity index (χ1n) is 9.49. The van der Waals surface area contributed by atoms with Gasteiger partial charge in [-0.3, -0.25) is 9.69 Å². The Bertz CT molecular complexity index is 621. The number of nitrogens with one attached hydrogen (secondary N) is 1. The van der Waals surface area contributed by atoms with Crippen molar-refractivity contribution in [1.82, 2.24) is 10.2 Å². The molecule has 130 valence electrons. The number of carbonyl (C=O) groups excluding carboxylic acids is 1. The molecule has 0 unspecified atom stereocenters. The van der Waals surface area contributed by atoms with Crippen LogP contribution in [0.5, 0.6) is 0 Å². The summed E-state index contributed by atoms with van der Waals surface area (Å²) < 4.78 is 0. The number of piperidine rings is 1. The normalized spacial score (nSPS) is 23.5. The lowest BCUT2D eigenvalue weighted by Gasteiger charge is -2.34. The van der Waals surface area contributed by atoms with Gasteiger partial charge >= 0.3 is 0 Å². The molecule has 0 aliphatic carbocycles. The first kappa shape index (κ1) is 16.1. The van der Waals surface area contributed by atoms with Crippen molar-refractivity contribution in [3.63, 3.8) is 0 Å². The predicted molar refractivity (Wildman–Crippen MR) is 97.2 cm³/mol. The Morgan fingerprint density at radius 1 is 1.21 bits per heavy atom. The molecule has 1 amide bonds. The third kappa shape index (κ3) is 2.98. The van der Waals surface area contributed by atoms with E-state index < -0.39 is 0 Å². The molecule has 0 bridgehead atoms. The number of nitrogens with zero attached hydrogens (tertiary/aromatic N) is 2. The summed E-state index contributed by atoms with van der Waals surface area (Å²) in [5.74, 6) is 0.180. The van der Waals surface area contributed by atoms with Crippen molar-refractivity contribution in [3.05, 3.63) is 29.3 Å². The summed E-state index contributed by atoms with van der Waals surface area (Å²) in [7, 11) is 0. The molecule has 1 aromatic rings. The first-order chi connectivity index (χ1) is 11.7. The van der Waals surface area contributed by atoms with Crippen LogP contribution in [-0.2, 0) is 17.8 Å². The quantitative estimate of drug-likeness (QED) is 0.907. The zero-order valence-corrected chi connectivity index (χ0v) is 14.8. The molecule has 1 N–H and O–H groups in total. The summed E-state index contributed by atoms with van der Waals surface area (Å²) in [6.45, 7) is 8.32. The molecule has 1 aromatic carbocycles. The standard InChI is InChI=1S/C20H29N3O/c1-16(24)23-12-3-6-17-4-2-5-18(19(17)23)14-22-13-9-20(15-22)7-10-21-11-8-20/h2,4-5,21H,3,6-15H2,1H3. The van der Waals surface area contributed by atoms with Gasteiger partial charge in [0.25, 0.3) is 0 Å². The van der Waals surface area contributed by atoms with E-state index in [-0.39, 0.29) is 5.91 Å². The molecular formula is C20H29N3O. The van der Waals surface area contributed by atoms with Gasteiger partial charge in [-0.05, 0) is 68.3 Å². The van der Waals surface area contributed by atoms with Gasteiger partial charge in [0.05, 0.1) is 5.69 Å². The van der Waals surface area contributed by atoms with Crippen LogP contribution in [0.1, 0.15) is 43.7 Å². The molecule has 2 saturated heterocycles. The molecule has 2 fully saturated rings. The van der Waals surface area contributed by atoms with Crippen LogP contribution in [0.3, 0.4) is 0 Å². The summed E-state index contributed by atoms with van der Waals surface area (Å²) in [5, 5.41) is 3.50. The Morgan fingerprint density at radius 2 is 2.04 bits per heavy atom. The Labute approximate surface area is 145 Å². The van der Waals surface area contributed by atoms with Gasteiger partial charge in [0.15, 0.2) is 0 Å². The van der Waals surface area contributed by atoms with E-state index in [2.05, 4.69) is 28.4 Å². The summed E-state index contributed by atoms with van der Waals surface area (Å²) in [6, 6.07) is 6.61. The molecule has 3 heterocycles. The molecule has 24 heavy (non-hydrogen) atoms. The number of likely N-dealkylation sites (tertiary alicyclic amines) is 1. The maximum absolute atomic E-state index is 12.1. The van der Waals surface area contributed by atoms with Crippen LogP contribution < -0.4 is 10.2 Å². The Morgan fingerprint density at radius 3 is 2.83 bits per heavy atom. The van der Waals surface area contributed by atoms with Gasteiger partial charge in [-0.1, -0.05) is 18.2 Å². The number of aryl methyl sites for hydroxylation is 1. The third-order valence-electron chi connectivity index (χ3n) is 6.26. The van der Waals surface area contributed by atoms with Crippen molar-refractivity contribution in [2.45, 2.75) is 45.6 Å². The van der Waals surface area contributed by atoms with Gasteiger partial charge < -0.3 is 10.2 Å². The van der Waals surface area contributed by atoms with Crippen LogP contribution >= 0.6 is 0 Å². The number of hydrogen-bond donors (Lipinski definition) is 1. The number of fused-ring (bicyclic) bond motifs is 1. The van der Waals surface area contributed by atoms with E-state index in [0.717, 1.165) is 25.9 Å². The molecule has 3 aliphatic heterocycles. The molecule has 0 saturated carbocycles. The van der Waals surface area contributed by atoms with Crippen LogP contribution in [0.4, 0.5) is 5.69 Å². The summed E-state index contributed by atoms with van der Waals surface area (Å²) >= 11 is 0. The van der Waals surface area contributed by atoms with E-state index >= 15 is 0 Å². The maximum Gasteiger partial charge on any atom is 0.223 e. The highest BCUT2D eigenvalue weighted by atomic mass is 16.2. The van der Waals surface area contributed by atoms with Crippen LogP contribution in [0, 0.1) is 5.41 Å². The van der Waals surface area contributed by atoms with E-state index in [9.17, 15) is 4.79 Å². The predicted octanol–water partition coefficient (Wildman–Crippen LogP) is 2.56. The van der Waals surface area contributed by atoms with Gasteiger partial charge in [0, 0.05) is 26.6 Å². The van der Waals surface area contributed by atoms with Crippen LogP contribution in [0.25, 0.3) is 0 Å². The summed E-state index contributed by atoms with van der Waals surface area (Å²) in [5.41, 5.74) is 4.45. The second kappa shape index (κ2) is 6.49. The van der Waals surface area contributed by atoms with Crippen molar-refractivity contribution in [3.8, 4) is 0 Å². The van der Waals surface area contributed by atoms with E-state index in [1.807, 2.05) is 4.90 Å². The maximum atomic E-state index is 12.1. The number of anilines is 1. The fourth-order valence-corrected chi connectivity index (χ4v) is 4.94. The van der Waals surface area contributed by atoms with Crippen LogP contribution in [0.15, 0.2) is 18.2 Å². The smallest absolute Gasteiger partial charge is 0.223 e. The molecule has 4 nitrogen and oxygen atoms in total. The highest BCUT2D eigenvalue weighted by Crippen LogP contribution is 2.40. The van der Waals surface area contributed by atoms with Gasteiger partial charge in [0.1, 0.15) is 0 Å². The van der Waals surface area contributed by atoms with Gasteiger partial charge in [-0.25, -0.2) is 0 Å². The fraction of sp³-hybridized carbons (Fsp3) is 0.650. The molecule has 1 spiro atoms. The average molecular weight is 327 g/mol. The largest absolute Gasteiger partial charge is 0.317 e. The van der Waals surface area contributed by atoms with Crippen molar-refractivity contribution in [1.29, 1.82) is 0 Å². The molecule has 4 rings (SSSR count). The number of carbonyl (C=O) groups is 1. The fourth-order valence-electron chi connectivity index (χ4n) is 4.94. The van der Waals surface area contributed by atoms with Gasteiger partial charge in [-0.2, -0.15) is 0 Å². The Hall–Kier alpha value is -1.39. The number of hydrogen-bond acceptors (Lipinski definition) is 3. The zero-order chi connectivity index (χ0) is 16.6. The summed E-state index contributed by atoms with van der Waals surface area (Å²) in [6.07, 6.45) is 6.14. The Balaban J connectivity index is 1.54. The third-order valence-corrected chi connectivity index (χ3v) is 6.26. The lowest BCUT2D eigenvalue weighted by atomic mass is 9.78. The SMILES string of the molecule is CC(=O)N1CCCc2cccc(CN3CCC4(CCNCC4)C3)c21. The van der Waals surface area contributed by atoms with Gasteiger partial charge in [-0.15, -0.1) is 0 Å². The van der Waals surface area contributed by atoms with Crippen molar-refractivity contribution in [2.75, 3.05) is 37.6 Å². The number of rotatable bonds is 2. The van der Waals surface area contributed by atoms with Crippen molar-refractivity contribution < 1.29 is 4.79 Å². The molecule has 0 atom stereocenters. The zero-order valence-electron chi connectivity index (χ0n) is 14.8. The number of para-hydroxylation sites is 1. The topological polar surface area (TPSA) is 35.6 Å². The number of benzene rings is 1. The van der Waals surface area contributed by atoms with E-state index in [0.29, 0.717) is 5.41 Å². The molecule has 4 heteroatoms. The van der Waals surface area contributed by atoms with Crippen LogP contribution in [0.2, 0.25) is 0 Å². The minimum atomic E-state index is 0.180. The molecule has 3 aliphatic rings. The highest BCUT2D eigenvalue weighted by molar-refractivity contribution is 5.93. The second-order valence-electron chi connectivity index (χ2n) is 7.91. The number of amides is 1. The van der Waals surface area contributed by atoms with E-state index in [4.69, 9.17) is 0 Å². The van der Waals surface area contributed by atoms with Crippen LogP contribution in [-0.4, -0.2) is 43.5 Å². The van der Waals surface area contributed by atoms with Crippen molar-refractivity contribution >= 4 is 11.6 Å². The Kier molecular flexibility index (Phi) is 4.35. The molecular weight excluding hydrogens is 298 g/mol. The highest BCUT2D eigenvalue weighted by Gasteiger charge is 2.39. The minimum Gasteiger partial charge on any atom is -0.317 e. The average Bonchev–Trinajstić information content (AvgIpc) is 2.97. The van der Waals surface area contributed by atoms with E-state index in [1.54, 1.807) is 6.92 Å². The second-order valence-corrected chi connectivity index (χ2v) is 7.91. The van der Waals surface area contributed by atoms with E-state index in [1.165, 1.54) is 62.3 Å².